The summed E-state index contributed by atoms with van der Waals surface area (Å²) in [5, 5.41) is 15.6. The second kappa shape index (κ2) is 7.48. The fraction of sp³-hybridized carbons (Fsp3) is 0.857. The molecule has 0 aromatic rings. The molecule has 2 amide bonds. The molecule has 1 aliphatic rings. The highest BCUT2D eigenvalue weighted by molar-refractivity contribution is 5.87. The van der Waals surface area contributed by atoms with Gasteiger partial charge in [-0.05, 0) is 18.8 Å². The van der Waals surface area contributed by atoms with Gasteiger partial charge in [0.05, 0.1) is 12.1 Å². The van der Waals surface area contributed by atoms with Crippen LogP contribution in [0.3, 0.4) is 0 Å². The average molecular weight is 270 g/mol. The van der Waals surface area contributed by atoms with Gasteiger partial charge in [-0.3, -0.25) is 9.59 Å². The van der Waals surface area contributed by atoms with Gasteiger partial charge < -0.3 is 15.7 Å². The van der Waals surface area contributed by atoms with Gasteiger partial charge in [0.25, 0.3) is 0 Å². The molecule has 0 aromatic carbocycles. The van der Waals surface area contributed by atoms with E-state index in [9.17, 15) is 14.7 Å². The first kappa shape index (κ1) is 16.0. The van der Waals surface area contributed by atoms with Crippen LogP contribution in [0.4, 0.5) is 0 Å². The highest BCUT2D eigenvalue weighted by atomic mass is 16.3. The van der Waals surface area contributed by atoms with E-state index in [1.807, 2.05) is 13.8 Å². The van der Waals surface area contributed by atoms with E-state index in [0.29, 0.717) is 0 Å². The van der Waals surface area contributed by atoms with Gasteiger partial charge in [-0.2, -0.15) is 0 Å². The van der Waals surface area contributed by atoms with Crippen LogP contribution < -0.4 is 10.6 Å². The van der Waals surface area contributed by atoms with E-state index in [1.54, 1.807) is 0 Å². The Kier molecular flexibility index (Phi) is 6.28. The molecule has 1 saturated carbocycles. The topological polar surface area (TPSA) is 78.4 Å². The van der Waals surface area contributed by atoms with E-state index in [4.69, 9.17) is 0 Å². The van der Waals surface area contributed by atoms with Gasteiger partial charge in [0.2, 0.25) is 11.8 Å². The maximum absolute atomic E-state index is 12.2. The number of hydrogen-bond acceptors (Lipinski definition) is 3. The molecule has 1 rings (SSSR count). The number of hydrogen-bond donors (Lipinski definition) is 3. The highest BCUT2D eigenvalue weighted by Gasteiger charge is 2.28. The Hall–Kier alpha value is -1.10. The third-order valence-electron chi connectivity index (χ3n) is 3.62. The smallest absolute Gasteiger partial charge is 0.243 e. The fourth-order valence-corrected chi connectivity index (χ4v) is 2.48. The van der Waals surface area contributed by atoms with Gasteiger partial charge in [0, 0.05) is 6.92 Å². The number of aliphatic hydroxyl groups excluding tert-OH is 1. The zero-order valence-corrected chi connectivity index (χ0v) is 12.1. The SMILES string of the molecule is CC(=O)NC(C(=O)NC1CCCCCC1O)C(C)C. The van der Waals surface area contributed by atoms with Crippen molar-refractivity contribution >= 4 is 11.8 Å². The molecule has 0 radical (unpaired) electrons. The summed E-state index contributed by atoms with van der Waals surface area (Å²) in [4.78, 5) is 23.3. The van der Waals surface area contributed by atoms with Crippen molar-refractivity contribution in [3.63, 3.8) is 0 Å². The molecule has 110 valence electrons. The Morgan fingerprint density at radius 2 is 1.79 bits per heavy atom. The zero-order valence-electron chi connectivity index (χ0n) is 12.1. The molecule has 19 heavy (non-hydrogen) atoms. The van der Waals surface area contributed by atoms with E-state index in [2.05, 4.69) is 10.6 Å². The van der Waals surface area contributed by atoms with Crippen LogP contribution in [0.2, 0.25) is 0 Å². The summed E-state index contributed by atoms with van der Waals surface area (Å²) in [6.07, 6.45) is 4.19. The minimum Gasteiger partial charge on any atom is -0.391 e. The third-order valence-corrected chi connectivity index (χ3v) is 3.62. The van der Waals surface area contributed by atoms with Crippen molar-refractivity contribution in [2.75, 3.05) is 0 Å². The monoisotopic (exact) mass is 270 g/mol. The summed E-state index contributed by atoms with van der Waals surface area (Å²) >= 11 is 0. The van der Waals surface area contributed by atoms with Gasteiger partial charge in [-0.1, -0.05) is 33.1 Å². The van der Waals surface area contributed by atoms with Crippen LogP contribution in [0.25, 0.3) is 0 Å². The van der Waals surface area contributed by atoms with Crippen LogP contribution in [-0.2, 0) is 9.59 Å². The summed E-state index contributed by atoms with van der Waals surface area (Å²) in [6.45, 7) is 5.19. The first-order valence-electron chi connectivity index (χ1n) is 7.17. The zero-order chi connectivity index (χ0) is 14.4. The maximum Gasteiger partial charge on any atom is 0.243 e. The molecule has 3 N–H and O–H groups in total. The number of aliphatic hydroxyl groups is 1. The molecular formula is C14H26N2O3. The second-order valence-electron chi connectivity index (χ2n) is 5.74. The molecule has 0 spiro atoms. The fourth-order valence-electron chi connectivity index (χ4n) is 2.48. The lowest BCUT2D eigenvalue weighted by Gasteiger charge is -2.27. The minimum absolute atomic E-state index is 0.0202. The van der Waals surface area contributed by atoms with E-state index < -0.39 is 12.1 Å². The molecule has 3 unspecified atom stereocenters. The average Bonchev–Trinajstić information content (AvgIpc) is 2.51. The number of carbonyl (C=O) groups is 2. The third kappa shape index (κ3) is 5.19. The summed E-state index contributed by atoms with van der Waals surface area (Å²) in [5.41, 5.74) is 0. The largest absolute Gasteiger partial charge is 0.391 e. The van der Waals surface area contributed by atoms with Crippen molar-refractivity contribution in [2.24, 2.45) is 5.92 Å². The summed E-state index contributed by atoms with van der Waals surface area (Å²) in [7, 11) is 0. The van der Waals surface area contributed by atoms with Crippen LogP contribution in [0, 0.1) is 5.92 Å². The molecule has 0 bridgehead atoms. The molecule has 5 nitrogen and oxygen atoms in total. The van der Waals surface area contributed by atoms with Crippen molar-refractivity contribution < 1.29 is 14.7 Å². The van der Waals surface area contributed by atoms with Gasteiger partial charge in [0.1, 0.15) is 6.04 Å². The molecule has 1 fully saturated rings. The first-order chi connectivity index (χ1) is 8.91. The van der Waals surface area contributed by atoms with Crippen molar-refractivity contribution in [3.05, 3.63) is 0 Å². The molecule has 0 heterocycles. The lowest BCUT2D eigenvalue weighted by molar-refractivity contribution is -0.130. The van der Waals surface area contributed by atoms with E-state index >= 15 is 0 Å². The molecule has 0 saturated heterocycles. The summed E-state index contributed by atoms with van der Waals surface area (Å²) in [6, 6.07) is -0.724. The number of rotatable bonds is 4. The van der Waals surface area contributed by atoms with Crippen LogP contribution in [-0.4, -0.2) is 35.1 Å². The standard InChI is InChI=1S/C14H26N2O3/c1-9(2)13(15-10(3)17)14(19)16-11-7-5-4-6-8-12(11)18/h9,11-13,18H,4-8H2,1-3H3,(H,15,17)(H,16,19). The quantitative estimate of drug-likeness (QED) is 0.666. The van der Waals surface area contributed by atoms with Crippen molar-refractivity contribution in [1.82, 2.24) is 10.6 Å². The van der Waals surface area contributed by atoms with Gasteiger partial charge in [0.15, 0.2) is 0 Å². The summed E-state index contributed by atoms with van der Waals surface area (Å²) < 4.78 is 0. The molecule has 0 aliphatic heterocycles. The number of amides is 2. The lowest BCUT2D eigenvalue weighted by Crippen LogP contribution is -2.53. The first-order valence-corrected chi connectivity index (χ1v) is 7.17. The van der Waals surface area contributed by atoms with E-state index in [0.717, 1.165) is 32.1 Å². The van der Waals surface area contributed by atoms with Gasteiger partial charge in [-0.15, -0.1) is 0 Å². The Morgan fingerprint density at radius 3 is 2.37 bits per heavy atom. The van der Waals surface area contributed by atoms with Crippen LogP contribution in [0.1, 0.15) is 52.9 Å². The predicted molar refractivity (Wildman–Crippen MR) is 73.5 cm³/mol. The predicted octanol–water partition coefficient (Wildman–Crippen LogP) is 0.957. The highest BCUT2D eigenvalue weighted by Crippen LogP contribution is 2.18. The summed E-state index contributed by atoms with van der Waals surface area (Å²) in [5.74, 6) is -0.391. The van der Waals surface area contributed by atoms with Gasteiger partial charge in [-0.25, -0.2) is 0 Å². The lowest BCUT2D eigenvalue weighted by atomic mass is 10.0. The number of nitrogens with one attached hydrogen (secondary N) is 2. The molecule has 5 heteroatoms. The normalized spacial score (nSPS) is 25.5. The van der Waals surface area contributed by atoms with Crippen LogP contribution in [0.5, 0.6) is 0 Å². The minimum atomic E-state index is -0.534. The Morgan fingerprint density at radius 1 is 1.16 bits per heavy atom. The molecule has 3 atom stereocenters. The Labute approximate surface area is 115 Å². The van der Waals surface area contributed by atoms with Crippen molar-refractivity contribution in [3.8, 4) is 0 Å². The maximum atomic E-state index is 12.2. The molecule has 1 aliphatic carbocycles. The molecule has 0 aromatic heterocycles. The van der Waals surface area contributed by atoms with E-state index in [-0.39, 0.29) is 23.8 Å². The molecular weight excluding hydrogens is 244 g/mol. The number of carbonyl (C=O) groups excluding carboxylic acids is 2. The second-order valence-corrected chi connectivity index (χ2v) is 5.74. The Bertz CT molecular complexity index is 318. The van der Waals surface area contributed by atoms with Crippen LogP contribution in [0.15, 0.2) is 0 Å². The van der Waals surface area contributed by atoms with Gasteiger partial charge >= 0.3 is 0 Å². The van der Waals surface area contributed by atoms with E-state index in [1.165, 1.54) is 6.92 Å². The van der Waals surface area contributed by atoms with Crippen molar-refractivity contribution in [1.29, 1.82) is 0 Å². The van der Waals surface area contributed by atoms with Crippen molar-refractivity contribution in [2.45, 2.75) is 71.1 Å². The Balaban J connectivity index is 2.61. The van der Waals surface area contributed by atoms with Crippen LogP contribution >= 0.6 is 0 Å².